The van der Waals surface area contributed by atoms with Crippen LogP contribution in [0, 0.1) is 5.92 Å². The smallest absolute Gasteiger partial charge is 0.129 e. The molecule has 0 spiro atoms. The van der Waals surface area contributed by atoms with Crippen molar-refractivity contribution in [2.24, 2.45) is 5.92 Å². The Bertz CT molecular complexity index is 339. The van der Waals surface area contributed by atoms with Crippen LogP contribution in [0.3, 0.4) is 0 Å². The van der Waals surface area contributed by atoms with Crippen molar-refractivity contribution in [2.75, 3.05) is 5.73 Å². The van der Waals surface area contributed by atoms with Crippen molar-refractivity contribution >= 4 is 17.4 Å². The third kappa shape index (κ3) is 1.70. The van der Waals surface area contributed by atoms with Crippen LogP contribution in [0.5, 0.6) is 0 Å². The van der Waals surface area contributed by atoms with Gasteiger partial charge in [0, 0.05) is 11.8 Å². The minimum Gasteiger partial charge on any atom is -0.388 e. The Morgan fingerprint density at radius 3 is 2.86 bits per heavy atom. The molecule has 0 radical (unpaired) electrons. The number of anilines is 1. The van der Waals surface area contributed by atoms with E-state index in [0.717, 1.165) is 12.8 Å². The number of rotatable bonds is 2. The predicted molar refractivity (Wildman–Crippen MR) is 56.0 cm³/mol. The van der Waals surface area contributed by atoms with Gasteiger partial charge >= 0.3 is 0 Å². The molecule has 2 rings (SSSR count). The molecule has 0 saturated heterocycles. The Labute approximate surface area is 87.9 Å². The van der Waals surface area contributed by atoms with E-state index in [1.54, 1.807) is 6.07 Å². The van der Waals surface area contributed by atoms with Crippen LogP contribution in [0.25, 0.3) is 0 Å². The number of halogens is 1. The Balaban J connectivity index is 2.24. The summed E-state index contributed by atoms with van der Waals surface area (Å²) in [5.74, 6) is 0.714. The van der Waals surface area contributed by atoms with Gasteiger partial charge in [-0.1, -0.05) is 18.0 Å². The van der Waals surface area contributed by atoms with Gasteiger partial charge < -0.3 is 10.8 Å². The molecule has 1 fully saturated rings. The molecule has 4 heteroatoms. The van der Waals surface area contributed by atoms with Crippen molar-refractivity contribution in [3.8, 4) is 0 Å². The summed E-state index contributed by atoms with van der Waals surface area (Å²) >= 11 is 5.80. The van der Waals surface area contributed by atoms with Crippen molar-refractivity contribution in [3.63, 3.8) is 0 Å². The van der Waals surface area contributed by atoms with Gasteiger partial charge in [-0.05, 0) is 24.8 Å². The van der Waals surface area contributed by atoms with Crippen LogP contribution < -0.4 is 5.73 Å². The van der Waals surface area contributed by atoms with Crippen molar-refractivity contribution < 1.29 is 5.11 Å². The van der Waals surface area contributed by atoms with Gasteiger partial charge in [0.1, 0.15) is 5.82 Å². The average Bonchev–Trinajstić information content (AvgIpc) is 2.06. The maximum absolute atomic E-state index is 9.97. The van der Waals surface area contributed by atoms with Crippen LogP contribution in [0.4, 0.5) is 5.82 Å². The molecule has 0 aliphatic heterocycles. The summed E-state index contributed by atoms with van der Waals surface area (Å²) < 4.78 is 0. The number of aromatic nitrogens is 1. The predicted octanol–water partition coefficient (Wildman–Crippen LogP) is 2.15. The van der Waals surface area contributed by atoms with E-state index < -0.39 is 6.10 Å². The lowest BCUT2D eigenvalue weighted by atomic mass is 9.79. The zero-order valence-corrected chi connectivity index (χ0v) is 8.54. The molecule has 0 aromatic carbocycles. The molecular formula is C10H13ClN2O. The Kier molecular flexibility index (Phi) is 2.61. The summed E-state index contributed by atoms with van der Waals surface area (Å²) in [6.07, 6.45) is 4.30. The van der Waals surface area contributed by atoms with Gasteiger partial charge in [-0.2, -0.15) is 0 Å². The molecule has 14 heavy (non-hydrogen) atoms. The van der Waals surface area contributed by atoms with Gasteiger partial charge in [-0.25, -0.2) is 4.98 Å². The Morgan fingerprint density at radius 1 is 1.57 bits per heavy atom. The number of hydrogen-bond donors (Lipinski definition) is 2. The highest BCUT2D eigenvalue weighted by Crippen LogP contribution is 2.39. The average molecular weight is 213 g/mol. The van der Waals surface area contributed by atoms with Crippen molar-refractivity contribution in [3.05, 3.63) is 22.8 Å². The van der Waals surface area contributed by atoms with Gasteiger partial charge in [-0.3, -0.25) is 0 Å². The molecule has 1 aliphatic rings. The first kappa shape index (κ1) is 9.74. The fourth-order valence-electron chi connectivity index (χ4n) is 1.71. The van der Waals surface area contributed by atoms with E-state index in [9.17, 15) is 5.11 Å². The third-order valence-electron chi connectivity index (χ3n) is 2.83. The molecule has 1 atom stereocenters. The van der Waals surface area contributed by atoms with Gasteiger partial charge in [0.15, 0.2) is 0 Å². The molecule has 1 heterocycles. The molecule has 1 aromatic heterocycles. The Morgan fingerprint density at radius 2 is 2.29 bits per heavy atom. The Hall–Kier alpha value is -0.800. The van der Waals surface area contributed by atoms with Crippen LogP contribution in [-0.2, 0) is 0 Å². The molecule has 3 N–H and O–H groups in total. The minimum atomic E-state index is -0.505. The lowest BCUT2D eigenvalue weighted by Gasteiger charge is -2.30. The van der Waals surface area contributed by atoms with Crippen molar-refractivity contribution in [1.82, 2.24) is 4.98 Å². The van der Waals surface area contributed by atoms with Crippen molar-refractivity contribution in [1.29, 1.82) is 0 Å². The summed E-state index contributed by atoms with van der Waals surface area (Å²) in [5, 5.41) is 10.5. The first-order valence-electron chi connectivity index (χ1n) is 4.77. The molecule has 3 nitrogen and oxygen atoms in total. The third-order valence-corrected chi connectivity index (χ3v) is 3.04. The number of nitrogens with two attached hydrogens (primary N) is 1. The van der Waals surface area contributed by atoms with E-state index in [1.165, 1.54) is 12.6 Å². The summed E-state index contributed by atoms with van der Waals surface area (Å²) in [7, 11) is 0. The van der Waals surface area contributed by atoms with Crippen LogP contribution in [-0.4, -0.2) is 10.1 Å². The lowest BCUT2D eigenvalue weighted by Crippen LogP contribution is -2.21. The highest BCUT2D eigenvalue weighted by molar-refractivity contribution is 6.30. The summed E-state index contributed by atoms with van der Waals surface area (Å²) in [5.41, 5.74) is 6.35. The fraction of sp³-hybridized carbons (Fsp3) is 0.500. The topological polar surface area (TPSA) is 59.1 Å². The largest absolute Gasteiger partial charge is 0.388 e. The minimum absolute atomic E-state index is 0.331. The number of pyridine rings is 1. The van der Waals surface area contributed by atoms with E-state index >= 15 is 0 Å². The van der Waals surface area contributed by atoms with E-state index in [0.29, 0.717) is 22.3 Å². The highest BCUT2D eigenvalue weighted by Gasteiger charge is 2.28. The van der Waals surface area contributed by atoms with Crippen LogP contribution >= 0.6 is 11.6 Å². The SMILES string of the molecule is Nc1ncc(Cl)cc1C(O)C1CCC1. The molecule has 76 valence electrons. The molecule has 0 amide bonds. The van der Waals surface area contributed by atoms with E-state index in [2.05, 4.69) is 4.98 Å². The lowest BCUT2D eigenvalue weighted by molar-refractivity contribution is 0.0625. The van der Waals surface area contributed by atoms with Gasteiger partial charge in [-0.15, -0.1) is 0 Å². The van der Waals surface area contributed by atoms with E-state index in [-0.39, 0.29) is 0 Å². The summed E-state index contributed by atoms with van der Waals surface area (Å²) in [6, 6.07) is 1.70. The molecule has 1 aromatic rings. The number of aliphatic hydroxyl groups is 1. The first-order valence-corrected chi connectivity index (χ1v) is 5.15. The van der Waals surface area contributed by atoms with Gasteiger partial charge in [0.2, 0.25) is 0 Å². The van der Waals surface area contributed by atoms with E-state index in [1.807, 2.05) is 0 Å². The standard InChI is InChI=1S/C10H13ClN2O/c11-7-4-8(10(12)13-5-7)9(14)6-2-1-3-6/h4-6,9,14H,1-3H2,(H2,12,13). The molecule has 1 aliphatic carbocycles. The number of aliphatic hydroxyl groups excluding tert-OH is 1. The summed E-state index contributed by atoms with van der Waals surface area (Å²) in [6.45, 7) is 0. The molecule has 1 unspecified atom stereocenters. The normalized spacial score (nSPS) is 19.0. The molecule has 1 saturated carbocycles. The first-order chi connectivity index (χ1) is 6.68. The second-order valence-corrected chi connectivity index (χ2v) is 4.20. The molecule has 0 bridgehead atoms. The molecular weight excluding hydrogens is 200 g/mol. The van der Waals surface area contributed by atoms with Crippen LogP contribution in [0.15, 0.2) is 12.3 Å². The van der Waals surface area contributed by atoms with Gasteiger partial charge in [0.05, 0.1) is 11.1 Å². The number of nitrogen functional groups attached to an aromatic ring is 1. The second kappa shape index (κ2) is 3.75. The second-order valence-electron chi connectivity index (χ2n) is 3.76. The zero-order valence-electron chi connectivity index (χ0n) is 7.78. The highest BCUT2D eigenvalue weighted by atomic mass is 35.5. The maximum atomic E-state index is 9.97. The van der Waals surface area contributed by atoms with Crippen molar-refractivity contribution in [2.45, 2.75) is 25.4 Å². The summed E-state index contributed by atoms with van der Waals surface area (Å²) in [4.78, 5) is 3.93. The zero-order chi connectivity index (χ0) is 10.1. The van der Waals surface area contributed by atoms with Crippen LogP contribution in [0.2, 0.25) is 5.02 Å². The number of hydrogen-bond acceptors (Lipinski definition) is 3. The van der Waals surface area contributed by atoms with E-state index in [4.69, 9.17) is 17.3 Å². The quantitative estimate of drug-likeness (QED) is 0.790. The monoisotopic (exact) mass is 212 g/mol. The van der Waals surface area contributed by atoms with Crippen LogP contribution in [0.1, 0.15) is 30.9 Å². The number of nitrogens with zero attached hydrogens (tertiary/aromatic N) is 1. The maximum Gasteiger partial charge on any atom is 0.129 e. The van der Waals surface area contributed by atoms with Gasteiger partial charge in [0.25, 0.3) is 0 Å². The fourth-order valence-corrected chi connectivity index (χ4v) is 1.88.